The van der Waals surface area contributed by atoms with Crippen LogP contribution in [-0.4, -0.2) is 21.5 Å². The number of rotatable bonds is 4. The summed E-state index contributed by atoms with van der Waals surface area (Å²) in [5.41, 5.74) is 3.07. The molecule has 0 saturated heterocycles. The number of hydrogen-bond acceptors (Lipinski definition) is 3. The average molecular weight is 300 g/mol. The lowest BCUT2D eigenvalue weighted by molar-refractivity contribution is 0.101. The number of carbonyl (C=O) groups excluding carboxylic acids is 1. The number of thioether (sulfide) groups is 1. The van der Waals surface area contributed by atoms with E-state index in [0.29, 0.717) is 5.16 Å². The monoisotopic (exact) mass is 300 g/mol. The summed E-state index contributed by atoms with van der Waals surface area (Å²) >= 11 is 1.28. The van der Waals surface area contributed by atoms with Gasteiger partial charge in [-0.2, -0.15) is 0 Å². The Morgan fingerprint density at radius 1 is 1.29 bits per heavy atom. The van der Waals surface area contributed by atoms with Gasteiger partial charge in [-0.05, 0) is 36.8 Å². The Hall–Kier alpha value is -2.14. The van der Waals surface area contributed by atoms with E-state index in [0.717, 1.165) is 16.6 Å². The van der Waals surface area contributed by atoms with Crippen LogP contribution in [0, 0.1) is 12.7 Å². The smallest absolute Gasteiger partial charge is 0.176 e. The highest BCUT2D eigenvalue weighted by atomic mass is 32.2. The van der Waals surface area contributed by atoms with Crippen LogP contribution >= 0.6 is 11.8 Å². The zero-order valence-corrected chi connectivity index (χ0v) is 12.2. The van der Waals surface area contributed by atoms with E-state index in [4.69, 9.17) is 0 Å². The molecule has 1 aromatic heterocycles. The van der Waals surface area contributed by atoms with Gasteiger partial charge in [0.1, 0.15) is 5.82 Å². The van der Waals surface area contributed by atoms with Crippen molar-refractivity contribution in [2.45, 2.75) is 12.1 Å². The van der Waals surface area contributed by atoms with Crippen molar-refractivity contribution in [3.05, 3.63) is 59.4 Å². The number of nitrogens with one attached hydrogen (secondary N) is 1. The second kappa shape index (κ2) is 5.69. The Bertz CT molecular complexity index is 813. The van der Waals surface area contributed by atoms with Gasteiger partial charge in [0.25, 0.3) is 0 Å². The normalized spacial score (nSPS) is 11.0. The third-order valence-electron chi connectivity index (χ3n) is 3.13. The van der Waals surface area contributed by atoms with Crippen LogP contribution in [0.15, 0.2) is 47.6 Å². The molecule has 0 fully saturated rings. The maximum absolute atomic E-state index is 13.5. The highest BCUT2D eigenvalue weighted by molar-refractivity contribution is 7.99. The largest absolute Gasteiger partial charge is 0.333 e. The Morgan fingerprint density at radius 3 is 2.90 bits per heavy atom. The molecule has 0 aliphatic rings. The third-order valence-corrected chi connectivity index (χ3v) is 4.00. The van der Waals surface area contributed by atoms with Crippen molar-refractivity contribution < 1.29 is 9.18 Å². The Morgan fingerprint density at radius 2 is 2.10 bits per heavy atom. The topological polar surface area (TPSA) is 45.8 Å². The number of halogens is 1. The van der Waals surface area contributed by atoms with E-state index >= 15 is 0 Å². The molecule has 0 unspecified atom stereocenters. The molecule has 0 amide bonds. The predicted molar refractivity (Wildman–Crippen MR) is 82.3 cm³/mol. The molecule has 21 heavy (non-hydrogen) atoms. The van der Waals surface area contributed by atoms with Crippen LogP contribution < -0.4 is 0 Å². The quantitative estimate of drug-likeness (QED) is 0.585. The Balaban J connectivity index is 1.74. The summed E-state index contributed by atoms with van der Waals surface area (Å²) in [6.45, 7) is 2.01. The summed E-state index contributed by atoms with van der Waals surface area (Å²) in [5, 5.41) is 0.667. The van der Waals surface area contributed by atoms with Gasteiger partial charge >= 0.3 is 0 Å². The number of aromatic nitrogens is 2. The summed E-state index contributed by atoms with van der Waals surface area (Å²) < 4.78 is 13.5. The van der Waals surface area contributed by atoms with Gasteiger partial charge in [0.15, 0.2) is 10.9 Å². The number of carbonyl (C=O) groups is 1. The number of Topliss-reactive ketones (excluding diaryl/α,β-unsaturated/α-hetero) is 1. The van der Waals surface area contributed by atoms with Crippen molar-refractivity contribution in [2.24, 2.45) is 0 Å². The SMILES string of the molecule is Cc1ccc2nc(SCC(=O)c3ccccc3F)[nH]c2c1. The van der Waals surface area contributed by atoms with E-state index < -0.39 is 5.82 Å². The minimum atomic E-state index is -0.483. The number of imidazole rings is 1. The maximum atomic E-state index is 13.5. The summed E-state index contributed by atoms with van der Waals surface area (Å²) in [4.78, 5) is 19.6. The van der Waals surface area contributed by atoms with Crippen LogP contribution in [0.1, 0.15) is 15.9 Å². The second-order valence-electron chi connectivity index (χ2n) is 4.75. The van der Waals surface area contributed by atoms with Gasteiger partial charge in [-0.3, -0.25) is 4.79 Å². The molecular formula is C16H13FN2OS. The van der Waals surface area contributed by atoms with Gasteiger partial charge in [0.2, 0.25) is 0 Å². The van der Waals surface area contributed by atoms with Crippen molar-refractivity contribution >= 4 is 28.6 Å². The van der Waals surface area contributed by atoms with Crippen LogP contribution in [0.4, 0.5) is 4.39 Å². The molecule has 0 bridgehead atoms. The first-order valence-corrected chi connectivity index (χ1v) is 7.49. The van der Waals surface area contributed by atoms with E-state index in [1.54, 1.807) is 12.1 Å². The highest BCUT2D eigenvalue weighted by Crippen LogP contribution is 2.21. The molecule has 0 aliphatic carbocycles. The molecule has 0 aliphatic heterocycles. The molecule has 0 spiro atoms. The van der Waals surface area contributed by atoms with Crippen molar-refractivity contribution in [3.63, 3.8) is 0 Å². The van der Waals surface area contributed by atoms with Gasteiger partial charge in [-0.1, -0.05) is 30.0 Å². The number of benzene rings is 2. The fourth-order valence-electron chi connectivity index (χ4n) is 2.07. The zero-order chi connectivity index (χ0) is 14.8. The molecule has 1 N–H and O–H groups in total. The third kappa shape index (κ3) is 2.97. The van der Waals surface area contributed by atoms with Crippen LogP contribution in [0.2, 0.25) is 0 Å². The number of nitrogens with zero attached hydrogens (tertiary/aromatic N) is 1. The van der Waals surface area contributed by atoms with E-state index in [1.807, 2.05) is 25.1 Å². The predicted octanol–water partition coefficient (Wildman–Crippen LogP) is 3.99. The molecule has 2 aromatic carbocycles. The lowest BCUT2D eigenvalue weighted by Crippen LogP contribution is -2.05. The van der Waals surface area contributed by atoms with Gasteiger partial charge in [0, 0.05) is 0 Å². The average Bonchev–Trinajstić information content (AvgIpc) is 2.87. The first-order chi connectivity index (χ1) is 10.1. The molecule has 106 valence electrons. The van der Waals surface area contributed by atoms with Gasteiger partial charge in [-0.15, -0.1) is 0 Å². The van der Waals surface area contributed by atoms with Crippen LogP contribution in [0.25, 0.3) is 11.0 Å². The molecule has 3 nitrogen and oxygen atoms in total. The van der Waals surface area contributed by atoms with Gasteiger partial charge < -0.3 is 4.98 Å². The minimum absolute atomic E-state index is 0.122. The van der Waals surface area contributed by atoms with Crippen molar-refractivity contribution in [3.8, 4) is 0 Å². The van der Waals surface area contributed by atoms with Gasteiger partial charge in [-0.25, -0.2) is 9.37 Å². The minimum Gasteiger partial charge on any atom is -0.333 e. The molecule has 3 rings (SSSR count). The fourth-order valence-corrected chi connectivity index (χ4v) is 2.84. The second-order valence-corrected chi connectivity index (χ2v) is 5.72. The van der Waals surface area contributed by atoms with Crippen LogP contribution in [0.5, 0.6) is 0 Å². The Kier molecular flexibility index (Phi) is 3.75. The number of aromatic amines is 1. The van der Waals surface area contributed by atoms with Crippen LogP contribution in [-0.2, 0) is 0 Å². The first kappa shape index (κ1) is 13.8. The molecule has 0 atom stereocenters. The van der Waals surface area contributed by atoms with Crippen molar-refractivity contribution in [1.29, 1.82) is 0 Å². The van der Waals surface area contributed by atoms with Crippen molar-refractivity contribution in [2.75, 3.05) is 5.75 Å². The number of H-pyrrole nitrogens is 1. The number of ketones is 1. The van der Waals surface area contributed by atoms with Crippen molar-refractivity contribution in [1.82, 2.24) is 9.97 Å². The van der Waals surface area contributed by atoms with Crippen LogP contribution in [0.3, 0.4) is 0 Å². The molecule has 0 radical (unpaired) electrons. The standard InChI is InChI=1S/C16H13FN2OS/c1-10-6-7-13-14(8-10)19-16(18-13)21-9-15(20)11-4-2-3-5-12(11)17/h2-8H,9H2,1H3,(H,18,19). The number of fused-ring (bicyclic) bond motifs is 1. The molecule has 0 saturated carbocycles. The fraction of sp³-hybridized carbons (Fsp3) is 0.125. The molecule has 3 aromatic rings. The summed E-state index contributed by atoms with van der Waals surface area (Å²) in [6, 6.07) is 11.9. The van der Waals surface area contributed by atoms with Gasteiger partial charge in [0.05, 0.1) is 22.3 Å². The highest BCUT2D eigenvalue weighted by Gasteiger charge is 2.12. The molecular weight excluding hydrogens is 287 g/mol. The first-order valence-electron chi connectivity index (χ1n) is 6.50. The summed E-state index contributed by atoms with van der Waals surface area (Å²) in [6.07, 6.45) is 0. The van der Waals surface area contributed by atoms with E-state index in [2.05, 4.69) is 9.97 Å². The van der Waals surface area contributed by atoms with E-state index in [-0.39, 0.29) is 17.1 Å². The van der Waals surface area contributed by atoms with E-state index in [9.17, 15) is 9.18 Å². The molecule has 5 heteroatoms. The zero-order valence-electron chi connectivity index (χ0n) is 11.4. The summed E-state index contributed by atoms with van der Waals surface area (Å²) in [7, 11) is 0. The van der Waals surface area contributed by atoms with E-state index in [1.165, 1.54) is 23.9 Å². The lowest BCUT2D eigenvalue weighted by atomic mass is 10.1. The number of hydrogen-bond donors (Lipinski definition) is 1. The summed E-state index contributed by atoms with van der Waals surface area (Å²) in [5.74, 6) is -0.571. The Labute approximate surface area is 125 Å². The lowest BCUT2D eigenvalue weighted by Gasteiger charge is -2.00. The maximum Gasteiger partial charge on any atom is 0.176 e. The number of aryl methyl sites for hydroxylation is 1. The molecule has 1 heterocycles.